The molecule has 1 amide bonds. The van der Waals surface area contributed by atoms with E-state index in [1.165, 1.54) is 38.5 Å². The van der Waals surface area contributed by atoms with Gasteiger partial charge < -0.3 is 10.6 Å². The monoisotopic (exact) mass is 262 g/mol. The summed E-state index contributed by atoms with van der Waals surface area (Å²) < 4.78 is 0. The zero-order valence-corrected chi connectivity index (χ0v) is 11.7. The lowest BCUT2D eigenvalue weighted by Crippen LogP contribution is -2.35. The van der Waals surface area contributed by atoms with E-state index < -0.39 is 0 Å². The van der Waals surface area contributed by atoms with Crippen molar-refractivity contribution in [2.75, 3.05) is 13.1 Å². The van der Waals surface area contributed by atoms with Crippen molar-refractivity contribution in [1.29, 1.82) is 0 Å². The topological polar surface area (TPSA) is 41.1 Å². The van der Waals surface area contributed by atoms with Crippen LogP contribution in [0.3, 0.4) is 0 Å². The second kappa shape index (κ2) is 6.08. The Bertz CT molecular complexity index is 347. The van der Waals surface area contributed by atoms with Gasteiger partial charge in [-0.05, 0) is 50.0 Å². The van der Waals surface area contributed by atoms with Crippen LogP contribution in [0.2, 0.25) is 0 Å². The minimum atomic E-state index is 0.229. The molecule has 0 aromatic carbocycles. The lowest BCUT2D eigenvalue weighted by molar-refractivity contribution is -0.121. The molecule has 0 aromatic rings. The number of carbonyl (C=O) groups excluding carboxylic acids is 1. The van der Waals surface area contributed by atoms with Gasteiger partial charge in [0.05, 0.1) is 0 Å². The van der Waals surface area contributed by atoms with Crippen LogP contribution < -0.4 is 10.6 Å². The molecule has 0 spiro atoms. The quantitative estimate of drug-likeness (QED) is 0.569. The largest absolute Gasteiger partial charge is 0.353 e. The smallest absolute Gasteiger partial charge is 0.221 e. The summed E-state index contributed by atoms with van der Waals surface area (Å²) in [6.45, 7) is 1.92. The highest BCUT2D eigenvalue weighted by molar-refractivity contribution is 5.76. The molecule has 3 rings (SSSR count). The third kappa shape index (κ3) is 3.38. The second-order valence-corrected chi connectivity index (χ2v) is 6.54. The fourth-order valence-corrected chi connectivity index (χ4v) is 3.99. The number of hydrogen-bond acceptors (Lipinski definition) is 2. The first-order valence-corrected chi connectivity index (χ1v) is 7.99. The van der Waals surface area contributed by atoms with Crippen LogP contribution in [0, 0.1) is 17.8 Å². The van der Waals surface area contributed by atoms with Crippen molar-refractivity contribution < 1.29 is 4.79 Å². The van der Waals surface area contributed by atoms with E-state index in [9.17, 15) is 4.79 Å². The normalized spacial score (nSPS) is 33.2. The summed E-state index contributed by atoms with van der Waals surface area (Å²) >= 11 is 0. The minimum Gasteiger partial charge on any atom is -0.353 e. The molecule has 3 heteroatoms. The molecule has 19 heavy (non-hydrogen) atoms. The van der Waals surface area contributed by atoms with Crippen molar-refractivity contribution in [3.63, 3.8) is 0 Å². The number of carbonyl (C=O) groups is 1. The van der Waals surface area contributed by atoms with Crippen molar-refractivity contribution in [3.8, 4) is 0 Å². The average molecular weight is 262 g/mol. The molecule has 3 aliphatic carbocycles. The predicted molar refractivity (Wildman–Crippen MR) is 76.7 cm³/mol. The number of allylic oxidation sites excluding steroid dienone is 2. The van der Waals surface area contributed by atoms with Crippen LogP contribution >= 0.6 is 0 Å². The second-order valence-electron chi connectivity index (χ2n) is 6.54. The summed E-state index contributed by atoms with van der Waals surface area (Å²) in [5.41, 5.74) is 0. The zero-order valence-electron chi connectivity index (χ0n) is 11.7. The maximum atomic E-state index is 11.8. The van der Waals surface area contributed by atoms with Crippen molar-refractivity contribution in [2.24, 2.45) is 17.8 Å². The van der Waals surface area contributed by atoms with Gasteiger partial charge in [0, 0.05) is 19.0 Å². The van der Waals surface area contributed by atoms with Crippen LogP contribution in [0.5, 0.6) is 0 Å². The van der Waals surface area contributed by atoms with Crippen LogP contribution in [-0.2, 0) is 4.79 Å². The molecule has 2 fully saturated rings. The molecule has 2 saturated carbocycles. The summed E-state index contributed by atoms with van der Waals surface area (Å²) in [6, 6.07) is 0.461. The molecule has 2 N–H and O–H groups in total. The molecule has 0 aliphatic heterocycles. The maximum Gasteiger partial charge on any atom is 0.221 e. The first-order valence-electron chi connectivity index (χ1n) is 7.99. The molecule has 2 bridgehead atoms. The van der Waals surface area contributed by atoms with E-state index in [0.717, 1.165) is 30.8 Å². The molecular formula is C16H26N2O. The van der Waals surface area contributed by atoms with E-state index in [0.29, 0.717) is 12.5 Å². The molecule has 0 saturated heterocycles. The number of fused-ring (bicyclic) bond motifs is 2. The van der Waals surface area contributed by atoms with E-state index in [-0.39, 0.29) is 5.91 Å². The Morgan fingerprint density at radius 2 is 2.00 bits per heavy atom. The van der Waals surface area contributed by atoms with Crippen LogP contribution in [0.1, 0.15) is 44.9 Å². The molecule has 3 nitrogen and oxygen atoms in total. The van der Waals surface area contributed by atoms with Gasteiger partial charge in [-0.1, -0.05) is 25.0 Å². The van der Waals surface area contributed by atoms with Gasteiger partial charge in [0.15, 0.2) is 0 Å². The minimum absolute atomic E-state index is 0.229. The molecule has 0 heterocycles. The van der Waals surface area contributed by atoms with Gasteiger partial charge in [0.1, 0.15) is 0 Å². The van der Waals surface area contributed by atoms with Crippen molar-refractivity contribution in [1.82, 2.24) is 10.6 Å². The van der Waals surface area contributed by atoms with Gasteiger partial charge >= 0.3 is 0 Å². The van der Waals surface area contributed by atoms with Crippen LogP contribution in [0.25, 0.3) is 0 Å². The SMILES string of the molecule is O=C(CCNCC1CC2C=CC1C2)NC1CCCC1. The fraction of sp³-hybridized carbons (Fsp3) is 0.812. The Balaban J connectivity index is 1.26. The van der Waals surface area contributed by atoms with Crippen molar-refractivity contribution in [3.05, 3.63) is 12.2 Å². The molecule has 3 aliphatic rings. The lowest BCUT2D eigenvalue weighted by atomic mass is 9.94. The van der Waals surface area contributed by atoms with Gasteiger partial charge in [0.2, 0.25) is 5.91 Å². The third-order valence-electron chi connectivity index (χ3n) is 5.07. The zero-order chi connectivity index (χ0) is 13.1. The predicted octanol–water partition coefficient (Wildman–Crippen LogP) is 2.24. The van der Waals surface area contributed by atoms with E-state index in [1.807, 2.05) is 0 Å². The number of rotatable bonds is 6. The average Bonchev–Trinajstić information content (AvgIpc) is 3.11. The van der Waals surface area contributed by atoms with Crippen LogP contribution in [0.4, 0.5) is 0 Å². The highest BCUT2D eigenvalue weighted by Crippen LogP contribution is 2.42. The van der Waals surface area contributed by atoms with Gasteiger partial charge in [-0.15, -0.1) is 0 Å². The Hall–Kier alpha value is -0.830. The number of nitrogens with one attached hydrogen (secondary N) is 2. The first-order chi connectivity index (χ1) is 9.31. The van der Waals surface area contributed by atoms with E-state index in [2.05, 4.69) is 22.8 Å². The molecular weight excluding hydrogens is 236 g/mol. The molecule has 0 aromatic heterocycles. The maximum absolute atomic E-state index is 11.8. The molecule has 106 valence electrons. The van der Waals surface area contributed by atoms with Gasteiger partial charge in [0.25, 0.3) is 0 Å². The Morgan fingerprint density at radius 1 is 1.16 bits per heavy atom. The van der Waals surface area contributed by atoms with Crippen LogP contribution in [0.15, 0.2) is 12.2 Å². The molecule has 0 radical (unpaired) electrons. The standard InChI is InChI=1S/C16H26N2O/c19-16(18-15-3-1-2-4-15)7-8-17-11-14-10-12-5-6-13(14)9-12/h5-6,12-15,17H,1-4,7-11H2,(H,18,19). The number of amides is 1. The van der Waals surface area contributed by atoms with Crippen molar-refractivity contribution in [2.45, 2.75) is 51.0 Å². The van der Waals surface area contributed by atoms with Crippen LogP contribution in [-0.4, -0.2) is 25.0 Å². The Morgan fingerprint density at radius 3 is 2.68 bits per heavy atom. The highest BCUT2D eigenvalue weighted by Gasteiger charge is 2.34. The van der Waals surface area contributed by atoms with Gasteiger partial charge in [-0.2, -0.15) is 0 Å². The van der Waals surface area contributed by atoms with Gasteiger partial charge in [-0.3, -0.25) is 4.79 Å². The van der Waals surface area contributed by atoms with E-state index in [1.54, 1.807) is 0 Å². The summed E-state index contributed by atoms with van der Waals surface area (Å²) in [7, 11) is 0. The summed E-state index contributed by atoms with van der Waals surface area (Å²) in [5, 5.41) is 6.62. The lowest BCUT2D eigenvalue weighted by Gasteiger charge is -2.18. The summed E-state index contributed by atoms with van der Waals surface area (Å²) in [4.78, 5) is 11.8. The Labute approximate surface area is 116 Å². The third-order valence-corrected chi connectivity index (χ3v) is 5.07. The highest BCUT2D eigenvalue weighted by atomic mass is 16.1. The Kier molecular flexibility index (Phi) is 4.21. The van der Waals surface area contributed by atoms with E-state index >= 15 is 0 Å². The summed E-state index contributed by atoms with van der Waals surface area (Å²) in [6.07, 6.45) is 13.0. The summed E-state index contributed by atoms with van der Waals surface area (Å²) in [5.74, 6) is 2.70. The fourth-order valence-electron chi connectivity index (χ4n) is 3.99. The van der Waals surface area contributed by atoms with Gasteiger partial charge in [-0.25, -0.2) is 0 Å². The molecule has 3 atom stereocenters. The molecule has 3 unspecified atom stereocenters. The van der Waals surface area contributed by atoms with E-state index in [4.69, 9.17) is 0 Å². The number of hydrogen-bond donors (Lipinski definition) is 2. The first kappa shape index (κ1) is 13.2. The van der Waals surface area contributed by atoms with Crippen molar-refractivity contribution >= 4 is 5.91 Å².